The van der Waals surface area contributed by atoms with E-state index in [-0.39, 0.29) is 18.2 Å². The molecule has 8 nitrogen and oxygen atoms in total. The molecular formula is C20H27N5O3. The molecule has 0 radical (unpaired) electrons. The van der Waals surface area contributed by atoms with Crippen molar-refractivity contribution in [1.82, 2.24) is 25.1 Å². The molecule has 1 saturated heterocycles. The summed E-state index contributed by atoms with van der Waals surface area (Å²) >= 11 is 0. The van der Waals surface area contributed by atoms with Gasteiger partial charge in [-0.3, -0.25) is 14.5 Å². The average Bonchev–Trinajstić information content (AvgIpc) is 3.09. The molecule has 1 fully saturated rings. The van der Waals surface area contributed by atoms with E-state index in [1.54, 1.807) is 13.3 Å². The van der Waals surface area contributed by atoms with E-state index >= 15 is 0 Å². The third kappa shape index (κ3) is 5.10. The van der Waals surface area contributed by atoms with Crippen LogP contribution in [0.4, 0.5) is 0 Å². The number of hydrogen-bond donors (Lipinski definition) is 2. The van der Waals surface area contributed by atoms with Gasteiger partial charge in [-0.05, 0) is 24.6 Å². The van der Waals surface area contributed by atoms with Crippen LogP contribution < -0.4 is 15.4 Å². The number of piperazine rings is 1. The van der Waals surface area contributed by atoms with E-state index in [0.717, 1.165) is 17.1 Å². The Morgan fingerprint density at radius 1 is 1.43 bits per heavy atom. The van der Waals surface area contributed by atoms with E-state index in [0.29, 0.717) is 32.7 Å². The van der Waals surface area contributed by atoms with Gasteiger partial charge in [-0.15, -0.1) is 0 Å². The van der Waals surface area contributed by atoms with Crippen LogP contribution in [0.15, 0.2) is 36.7 Å². The number of nitrogens with zero attached hydrogens (tertiary/aromatic N) is 3. The second-order valence-corrected chi connectivity index (χ2v) is 6.85. The molecule has 150 valence electrons. The zero-order valence-electron chi connectivity index (χ0n) is 16.4. The van der Waals surface area contributed by atoms with Gasteiger partial charge in [-0.25, -0.2) is 4.98 Å². The van der Waals surface area contributed by atoms with Crippen LogP contribution in [0.5, 0.6) is 5.75 Å². The number of ether oxygens (including phenoxy) is 1. The smallest absolute Gasteiger partial charge is 0.237 e. The maximum Gasteiger partial charge on any atom is 0.237 e. The maximum absolute atomic E-state index is 12.4. The fourth-order valence-electron chi connectivity index (χ4n) is 3.38. The zero-order chi connectivity index (χ0) is 19.9. The predicted molar refractivity (Wildman–Crippen MR) is 105 cm³/mol. The molecule has 2 aromatic rings. The van der Waals surface area contributed by atoms with Crippen molar-refractivity contribution >= 4 is 11.8 Å². The number of imidazole rings is 1. The minimum atomic E-state index is -0.477. The number of carbonyl (C=O) groups is 2. The van der Waals surface area contributed by atoms with Gasteiger partial charge in [0.25, 0.3) is 0 Å². The van der Waals surface area contributed by atoms with Gasteiger partial charge in [0.2, 0.25) is 11.8 Å². The van der Waals surface area contributed by atoms with Gasteiger partial charge < -0.3 is 19.9 Å². The van der Waals surface area contributed by atoms with Gasteiger partial charge in [0.1, 0.15) is 11.6 Å². The number of amides is 2. The quantitative estimate of drug-likeness (QED) is 0.699. The highest BCUT2D eigenvalue weighted by Crippen LogP contribution is 2.18. The molecule has 1 aliphatic heterocycles. The van der Waals surface area contributed by atoms with Crippen LogP contribution in [-0.2, 0) is 22.7 Å². The van der Waals surface area contributed by atoms with Gasteiger partial charge in [-0.1, -0.05) is 12.1 Å². The third-order valence-corrected chi connectivity index (χ3v) is 4.94. The molecule has 0 aliphatic carbocycles. The molecule has 2 heterocycles. The van der Waals surface area contributed by atoms with Gasteiger partial charge in [0.15, 0.2) is 0 Å². The summed E-state index contributed by atoms with van der Waals surface area (Å²) in [6, 6.07) is 7.29. The molecule has 0 saturated carbocycles. The largest absolute Gasteiger partial charge is 0.497 e. The van der Waals surface area contributed by atoms with Crippen LogP contribution >= 0.6 is 0 Å². The van der Waals surface area contributed by atoms with Crippen LogP contribution in [0.3, 0.4) is 0 Å². The Balaban J connectivity index is 1.56. The Labute approximate surface area is 164 Å². The van der Waals surface area contributed by atoms with Crippen LogP contribution in [0.2, 0.25) is 0 Å². The molecule has 3 rings (SSSR count). The summed E-state index contributed by atoms with van der Waals surface area (Å²) < 4.78 is 7.25. The molecule has 0 spiro atoms. The molecule has 1 aromatic carbocycles. The summed E-state index contributed by atoms with van der Waals surface area (Å²) in [5.74, 6) is 1.46. The summed E-state index contributed by atoms with van der Waals surface area (Å²) in [6.07, 6.45) is 3.75. The SMILES string of the molecule is COc1cccc(CN2CCNC(=O)[C@H]2CC(=O)NCCn2ccnc2C)c1. The number of carbonyl (C=O) groups excluding carboxylic acids is 2. The lowest BCUT2D eigenvalue weighted by Crippen LogP contribution is -2.56. The predicted octanol–water partition coefficient (Wildman–Crippen LogP) is 0.707. The van der Waals surface area contributed by atoms with Gasteiger partial charge in [0.05, 0.1) is 19.6 Å². The number of hydrogen-bond acceptors (Lipinski definition) is 5. The van der Waals surface area contributed by atoms with E-state index in [1.807, 2.05) is 46.9 Å². The number of methoxy groups -OCH3 is 1. The first-order valence-electron chi connectivity index (χ1n) is 9.46. The molecule has 1 atom stereocenters. The highest BCUT2D eigenvalue weighted by atomic mass is 16.5. The van der Waals surface area contributed by atoms with E-state index in [9.17, 15) is 9.59 Å². The van der Waals surface area contributed by atoms with Crippen molar-refractivity contribution in [2.24, 2.45) is 0 Å². The maximum atomic E-state index is 12.4. The number of benzene rings is 1. The first-order valence-corrected chi connectivity index (χ1v) is 9.46. The van der Waals surface area contributed by atoms with Crippen molar-refractivity contribution in [2.75, 3.05) is 26.7 Å². The standard InChI is InChI=1S/C20H27N5O3/c1-15-21-6-9-24(15)10-7-22-19(26)13-18-20(27)23-8-11-25(18)14-16-4-3-5-17(12-16)28-2/h3-6,9,12,18H,7-8,10-11,13-14H2,1-2H3,(H,22,26)(H,23,27)/t18-/m1/s1. The zero-order valence-corrected chi connectivity index (χ0v) is 16.4. The second kappa shape index (κ2) is 9.36. The summed E-state index contributed by atoms with van der Waals surface area (Å²) in [5.41, 5.74) is 1.05. The minimum absolute atomic E-state index is 0.102. The van der Waals surface area contributed by atoms with E-state index in [1.165, 1.54) is 0 Å². The van der Waals surface area contributed by atoms with Crippen LogP contribution in [-0.4, -0.2) is 59.1 Å². The lowest BCUT2D eigenvalue weighted by atomic mass is 10.1. The second-order valence-electron chi connectivity index (χ2n) is 6.85. The van der Waals surface area contributed by atoms with Crippen LogP contribution in [0.25, 0.3) is 0 Å². The van der Waals surface area contributed by atoms with Gasteiger partial charge >= 0.3 is 0 Å². The topological polar surface area (TPSA) is 88.5 Å². The fraction of sp³-hybridized carbons (Fsp3) is 0.450. The highest BCUT2D eigenvalue weighted by molar-refractivity contribution is 5.88. The molecule has 1 aromatic heterocycles. The van der Waals surface area contributed by atoms with Gasteiger partial charge in [0, 0.05) is 45.1 Å². The molecule has 0 unspecified atom stereocenters. The number of rotatable bonds is 8. The summed E-state index contributed by atoms with van der Waals surface area (Å²) in [5, 5.41) is 5.77. The Hall–Kier alpha value is -2.87. The summed E-state index contributed by atoms with van der Waals surface area (Å²) in [6.45, 7) is 4.96. The Morgan fingerprint density at radius 3 is 3.04 bits per heavy atom. The van der Waals surface area contributed by atoms with E-state index in [2.05, 4.69) is 15.6 Å². The number of aromatic nitrogens is 2. The first kappa shape index (κ1) is 19.9. The van der Waals surface area contributed by atoms with Crippen LogP contribution in [0, 0.1) is 6.92 Å². The van der Waals surface area contributed by atoms with E-state index < -0.39 is 6.04 Å². The summed E-state index contributed by atoms with van der Waals surface area (Å²) in [4.78, 5) is 31.0. The van der Waals surface area contributed by atoms with Crippen molar-refractivity contribution in [3.05, 3.63) is 48.0 Å². The third-order valence-electron chi connectivity index (χ3n) is 4.94. The molecule has 8 heteroatoms. The molecule has 28 heavy (non-hydrogen) atoms. The Morgan fingerprint density at radius 2 is 2.29 bits per heavy atom. The molecule has 1 aliphatic rings. The summed E-state index contributed by atoms with van der Waals surface area (Å²) in [7, 11) is 1.63. The molecule has 2 amide bonds. The normalized spacial score (nSPS) is 17.2. The fourth-order valence-corrected chi connectivity index (χ4v) is 3.38. The average molecular weight is 385 g/mol. The van der Waals surface area contributed by atoms with Gasteiger partial charge in [-0.2, -0.15) is 0 Å². The monoisotopic (exact) mass is 385 g/mol. The van der Waals surface area contributed by atoms with Crippen molar-refractivity contribution in [2.45, 2.75) is 32.5 Å². The molecule has 2 N–H and O–H groups in total. The van der Waals surface area contributed by atoms with Crippen molar-refractivity contribution in [3.8, 4) is 5.75 Å². The van der Waals surface area contributed by atoms with E-state index in [4.69, 9.17) is 4.74 Å². The first-order chi connectivity index (χ1) is 13.6. The lowest BCUT2D eigenvalue weighted by molar-refractivity contribution is -0.134. The van der Waals surface area contributed by atoms with Crippen molar-refractivity contribution < 1.29 is 14.3 Å². The molecule has 0 bridgehead atoms. The van der Waals surface area contributed by atoms with Crippen LogP contribution in [0.1, 0.15) is 17.8 Å². The molecular weight excluding hydrogens is 358 g/mol. The Bertz CT molecular complexity index is 820. The lowest BCUT2D eigenvalue weighted by Gasteiger charge is -2.34. The van der Waals surface area contributed by atoms with Crippen molar-refractivity contribution in [1.29, 1.82) is 0 Å². The Kier molecular flexibility index (Phi) is 6.65. The highest BCUT2D eigenvalue weighted by Gasteiger charge is 2.31. The van der Waals surface area contributed by atoms with Crippen molar-refractivity contribution in [3.63, 3.8) is 0 Å². The number of aryl methyl sites for hydroxylation is 1. The minimum Gasteiger partial charge on any atom is -0.497 e. The number of nitrogens with one attached hydrogen (secondary N) is 2.